The first-order chi connectivity index (χ1) is 10.3. The van der Waals surface area contributed by atoms with E-state index in [-0.39, 0.29) is 11.9 Å². The lowest BCUT2D eigenvalue weighted by atomic mass is 9.95. The molecule has 2 saturated heterocycles. The van der Waals surface area contributed by atoms with E-state index in [1.165, 1.54) is 17.8 Å². The summed E-state index contributed by atoms with van der Waals surface area (Å²) in [5.41, 5.74) is 0.808. The molecule has 2 N–H and O–H groups in total. The van der Waals surface area contributed by atoms with Gasteiger partial charge in [-0.3, -0.25) is 9.78 Å². The predicted octanol–water partition coefficient (Wildman–Crippen LogP) is 1.83. The molecule has 0 aliphatic carbocycles. The first-order valence-corrected chi connectivity index (χ1v) is 8.05. The number of hydrogen-bond donors (Lipinski definition) is 2. The van der Waals surface area contributed by atoms with Crippen molar-refractivity contribution in [2.75, 3.05) is 0 Å². The van der Waals surface area contributed by atoms with Gasteiger partial charge in [0.2, 0.25) is 0 Å². The van der Waals surface area contributed by atoms with Gasteiger partial charge in [-0.05, 0) is 31.4 Å². The molecular formula is C15H16N4OS. The van der Waals surface area contributed by atoms with E-state index in [1.807, 2.05) is 18.2 Å². The molecule has 21 heavy (non-hydrogen) atoms. The molecule has 2 aliphatic rings. The third-order valence-electron chi connectivity index (χ3n) is 4.23. The van der Waals surface area contributed by atoms with Gasteiger partial charge in [0.15, 0.2) is 0 Å². The summed E-state index contributed by atoms with van der Waals surface area (Å²) in [6.45, 7) is 0. The van der Waals surface area contributed by atoms with E-state index in [9.17, 15) is 4.79 Å². The van der Waals surface area contributed by atoms with Crippen molar-refractivity contribution in [3.05, 3.63) is 35.5 Å². The number of nitrogens with one attached hydrogen (secondary N) is 2. The molecule has 2 aromatic heterocycles. The van der Waals surface area contributed by atoms with Crippen molar-refractivity contribution < 1.29 is 4.79 Å². The molecule has 1 amide bonds. The second-order valence-electron chi connectivity index (χ2n) is 5.61. The van der Waals surface area contributed by atoms with Crippen LogP contribution in [-0.2, 0) is 0 Å². The maximum Gasteiger partial charge on any atom is 0.263 e. The average Bonchev–Trinajstić information content (AvgIpc) is 3.24. The van der Waals surface area contributed by atoms with Crippen molar-refractivity contribution in [2.45, 2.75) is 37.4 Å². The van der Waals surface area contributed by atoms with Gasteiger partial charge in [-0.25, -0.2) is 4.98 Å². The fourth-order valence-electron chi connectivity index (χ4n) is 3.21. The van der Waals surface area contributed by atoms with Crippen LogP contribution in [0.1, 0.15) is 28.9 Å². The quantitative estimate of drug-likeness (QED) is 0.907. The predicted molar refractivity (Wildman–Crippen MR) is 81.2 cm³/mol. The minimum atomic E-state index is -0.0194. The minimum absolute atomic E-state index is 0.0194. The Morgan fingerprint density at radius 2 is 2.29 bits per heavy atom. The summed E-state index contributed by atoms with van der Waals surface area (Å²) in [6.07, 6.45) is 6.82. The summed E-state index contributed by atoms with van der Waals surface area (Å²) < 4.78 is 0. The first-order valence-electron chi connectivity index (χ1n) is 7.24. The molecule has 0 spiro atoms. The van der Waals surface area contributed by atoms with E-state index in [0.717, 1.165) is 23.5 Å². The summed E-state index contributed by atoms with van der Waals surface area (Å²) in [4.78, 5) is 21.6. The number of fused-ring (bicyclic) bond motifs is 2. The van der Waals surface area contributed by atoms with Gasteiger partial charge >= 0.3 is 0 Å². The maximum absolute atomic E-state index is 12.3. The summed E-state index contributed by atoms with van der Waals surface area (Å²) in [5, 5.41) is 7.45. The van der Waals surface area contributed by atoms with E-state index in [0.29, 0.717) is 17.0 Å². The molecule has 4 heterocycles. The molecule has 6 heteroatoms. The molecule has 0 aromatic carbocycles. The van der Waals surface area contributed by atoms with E-state index >= 15 is 0 Å². The maximum atomic E-state index is 12.3. The van der Waals surface area contributed by atoms with Crippen LogP contribution in [0, 0.1) is 0 Å². The van der Waals surface area contributed by atoms with E-state index < -0.39 is 0 Å². The highest BCUT2D eigenvalue weighted by molar-refractivity contribution is 7.16. The standard InChI is InChI=1S/C15H16N4OS/c20-14(19-12-7-9-4-5-10(12)18-9)13-8-17-15(21-13)11-3-1-2-6-16-11/h1-3,6,8-10,12,18H,4-5,7H2,(H,19,20)/t9-,10+,12?/m1/s1. The number of nitrogens with zero attached hydrogens (tertiary/aromatic N) is 2. The third-order valence-corrected chi connectivity index (χ3v) is 5.25. The van der Waals surface area contributed by atoms with E-state index in [1.54, 1.807) is 12.4 Å². The van der Waals surface area contributed by atoms with Gasteiger partial charge < -0.3 is 10.6 Å². The Morgan fingerprint density at radius 3 is 3.00 bits per heavy atom. The van der Waals surface area contributed by atoms with Crippen molar-refractivity contribution in [3.8, 4) is 10.7 Å². The molecule has 108 valence electrons. The fraction of sp³-hybridized carbons (Fsp3) is 0.400. The van der Waals surface area contributed by atoms with Crippen LogP contribution in [0.2, 0.25) is 0 Å². The highest BCUT2D eigenvalue weighted by atomic mass is 32.1. The number of carbonyl (C=O) groups excluding carboxylic acids is 1. The van der Waals surface area contributed by atoms with Gasteiger partial charge in [-0.2, -0.15) is 0 Å². The molecule has 3 atom stereocenters. The number of thiazole rings is 1. The lowest BCUT2D eigenvalue weighted by Gasteiger charge is -2.20. The lowest BCUT2D eigenvalue weighted by molar-refractivity contribution is 0.0935. The van der Waals surface area contributed by atoms with Crippen LogP contribution in [0.4, 0.5) is 0 Å². The Bertz CT molecular complexity index is 657. The summed E-state index contributed by atoms with van der Waals surface area (Å²) in [5.74, 6) is -0.0194. The zero-order valence-corrected chi connectivity index (χ0v) is 12.3. The first kappa shape index (κ1) is 12.9. The molecule has 0 radical (unpaired) electrons. The second-order valence-corrected chi connectivity index (χ2v) is 6.64. The molecule has 1 unspecified atom stereocenters. The van der Waals surface area contributed by atoms with Crippen molar-refractivity contribution in [1.82, 2.24) is 20.6 Å². The normalized spacial score (nSPS) is 27.0. The monoisotopic (exact) mass is 300 g/mol. The van der Waals surface area contributed by atoms with Gasteiger partial charge in [0.25, 0.3) is 5.91 Å². The minimum Gasteiger partial charge on any atom is -0.347 e. The highest BCUT2D eigenvalue weighted by Gasteiger charge is 2.39. The van der Waals surface area contributed by atoms with Crippen LogP contribution >= 0.6 is 11.3 Å². The zero-order chi connectivity index (χ0) is 14.2. The Hall–Kier alpha value is -1.79. The largest absolute Gasteiger partial charge is 0.347 e. The second kappa shape index (κ2) is 5.20. The summed E-state index contributed by atoms with van der Waals surface area (Å²) >= 11 is 1.39. The van der Waals surface area contributed by atoms with Crippen LogP contribution in [0.25, 0.3) is 10.7 Å². The molecule has 4 rings (SSSR count). The van der Waals surface area contributed by atoms with Gasteiger partial charge in [-0.1, -0.05) is 6.07 Å². The highest BCUT2D eigenvalue weighted by Crippen LogP contribution is 2.29. The zero-order valence-electron chi connectivity index (χ0n) is 11.5. The molecular weight excluding hydrogens is 284 g/mol. The molecule has 2 aromatic rings. The van der Waals surface area contributed by atoms with Gasteiger partial charge in [0, 0.05) is 24.3 Å². The number of rotatable bonds is 3. The molecule has 2 fully saturated rings. The van der Waals surface area contributed by atoms with Crippen LogP contribution in [0.15, 0.2) is 30.6 Å². The molecule has 2 aliphatic heterocycles. The Balaban J connectivity index is 1.47. The Morgan fingerprint density at radius 1 is 1.33 bits per heavy atom. The molecule has 2 bridgehead atoms. The fourth-order valence-corrected chi connectivity index (χ4v) is 4.01. The third kappa shape index (κ3) is 2.45. The SMILES string of the molecule is O=C(NC1C[C@H]2CC[C@@H]1N2)c1cnc(-c2ccccn2)s1. The number of aromatic nitrogens is 2. The lowest BCUT2D eigenvalue weighted by Crippen LogP contribution is -2.42. The van der Waals surface area contributed by atoms with Crippen LogP contribution in [-0.4, -0.2) is 34.0 Å². The van der Waals surface area contributed by atoms with Crippen LogP contribution in [0.5, 0.6) is 0 Å². The molecule has 0 saturated carbocycles. The van der Waals surface area contributed by atoms with E-state index in [4.69, 9.17) is 0 Å². The van der Waals surface area contributed by atoms with Crippen LogP contribution in [0.3, 0.4) is 0 Å². The summed E-state index contributed by atoms with van der Waals surface area (Å²) in [7, 11) is 0. The Kier molecular flexibility index (Phi) is 3.20. The van der Waals surface area contributed by atoms with E-state index in [2.05, 4.69) is 20.6 Å². The van der Waals surface area contributed by atoms with Gasteiger partial charge in [0.05, 0.1) is 11.9 Å². The Labute approximate surface area is 126 Å². The molecule has 5 nitrogen and oxygen atoms in total. The van der Waals surface area contributed by atoms with Crippen molar-refractivity contribution in [3.63, 3.8) is 0 Å². The number of pyridine rings is 1. The topological polar surface area (TPSA) is 66.9 Å². The van der Waals surface area contributed by atoms with Crippen molar-refractivity contribution in [1.29, 1.82) is 0 Å². The average molecular weight is 300 g/mol. The van der Waals surface area contributed by atoms with Gasteiger partial charge in [-0.15, -0.1) is 11.3 Å². The number of carbonyl (C=O) groups is 1. The van der Waals surface area contributed by atoms with Crippen molar-refractivity contribution in [2.24, 2.45) is 0 Å². The number of hydrogen-bond acceptors (Lipinski definition) is 5. The number of amides is 1. The van der Waals surface area contributed by atoms with Crippen molar-refractivity contribution >= 4 is 17.2 Å². The van der Waals surface area contributed by atoms with Gasteiger partial charge in [0.1, 0.15) is 9.88 Å². The van der Waals surface area contributed by atoms with Crippen LogP contribution < -0.4 is 10.6 Å². The summed E-state index contributed by atoms with van der Waals surface area (Å²) in [6, 6.07) is 6.99. The smallest absolute Gasteiger partial charge is 0.263 e.